The van der Waals surface area contributed by atoms with Gasteiger partial charge in [-0.15, -0.1) is 10.2 Å². The maximum absolute atomic E-state index is 5.25. The third-order valence-corrected chi connectivity index (χ3v) is 5.29. The number of rotatable bonds is 4. The quantitative estimate of drug-likeness (QED) is 0.720. The Balaban J connectivity index is 1.34. The molecule has 7 nitrogen and oxygen atoms in total. The summed E-state index contributed by atoms with van der Waals surface area (Å²) in [7, 11) is 1.69. The highest BCUT2D eigenvalue weighted by molar-refractivity contribution is 5.65. The SMILES string of the molecule is COc1ccc(N2CCN(c3nccn4c(C5CC5)nnc34)CC2)cc1. The summed E-state index contributed by atoms with van der Waals surface area (Å²) in [4.78, 5) is 9.33. The van der Waals surface area contributed by atoms with Gasteiger partial charge in [0.05, 0.1) is 7.11 Å². The van der Waals surface area contributed by atoms with E-state index in [-0.39, 0.29) is 0 Å². The monoisotopic (exact) mass is 350 g/mol. The molecule has 2 aliphatic rings. The standard InChI is InChI=1S/C19H22N6O/c1-26-16-6-4-15(5-7-16)23-10-12-24(13-11-23)18-19-22-21-17(14-2-3-14)25(19)9-8-20-18/h4-9,14H,2-3,10-13H2,1H3. The summed E-state index contributed by atoms with van der Waals surface area (Å²) in [6, 6.07) is 8.26. The van der Waals surface area contributed by atoms with Crippen LogP contribution in [0.25, 0.3) is 5.65 Å². The average Bonchev–Trinajstić information content (AvgIpc) is 3.46. The van der Waals surface area contributed by atoms with E-state index in [4.69, 9.17) is 4.74 Å². The van der Waals surface area contributed by atoms with E-state index in [1.807, 2.05) is 24.5 Å². The number of methoxy groups -OCH3 is 1. The Bertz CT molecular complexity index is 909. The van der Waals surface area contributed by atoms with E-state index in [0.717, 1.165) is 49.2 Å². The van der Waals surface area contributed by atoms with Gasteiger partial charge < -0.3 is 14.5 Å². The molecule has 7 heteroatoms. The molecule has 3 aromatic rings. The minimum Gasteiger partial charge on any atom is -0.497 e. The first-order chi connectivity index (χ1) is 12.8. The highest BCUT2D eigenvalue weighted by atomic mass is 16.5. The van der Waals surface area contributed by atoms with E-state index < -0.39 is 0 Å². The molecule has 1 aromatic carbocycles. The second-order valence-electron chi connectivity index (χ2n) is 6.95. The van der Waals surface area contributed by atoms with Crippen LogP contribution in [0.5, 0.6) is 5.75 Å². The van der Waals surface area contributed by atoms with Gasteiger partial charge in [0, 0.05) is 50.2 Å². The van der Waals surface area contributed by atoms with Crippen LogP contribution in [-0.4, -0.2) is 52.9 Å². The van der Waals surface area contributed by atoms with Gasteiger partial charge in [0.25, 0.3) is 0 Å². The Morgan fingerprint density at radius 1 is 0.962 bits per heavy atom. The summed E-state index contributed by atoms with van der Waals surface area (Å²) >= 11 is 0. The minimum atomic E-state index is 0.576. The fraction of sp³-hybridized carbons (Fsp3) is 0.421. The lowest BCUT2D eigenvalue weighted by atomic mass is 10.2. The summed E-state index contributed by atoms with van der Waals surface area (Å²) in [5.41, 5.74) is 2.11. The number of ether oxygens (including phenoxy) is 1. The molecule has 134 valence electrons. The van der Waals surface area contributed by atoms with Crippen LogP contribution in [0, 0.1) is 0 Å². The van der Waals surface area contributed by atoms with Crippen LogP contribution in [0.2, 0.25) is 0 Å². The second-order valence-corrected chi connectivity index (χ2v) is 6.95. The molecular formula is C19H22N6O. The molecule has 0 N–H and O–H groups in total. The molecule has 1 aliphatic heterocycles. The fourth-order valence-corrected chi connectivity index (χ4v) is 3.64. The number of benzene rings is 1. The molecule has 0 unspecified atom stereocenters. The zero-order valence-corrected chi connectivity index (χ0v) is 14.9. The zero-order chi connectivity index (χ0) is 17.5. The maximum Gasteiger partial charge on any atom is 0.203 e. The lowest BCUT2D eigenvalue weighted by Gasteiger charge is -2.36. The Labute approximate surface area is 152 Å². The van der Waals surface area contributed by atoms with Gasteiger partial charge in [-0.3, -0.25) is 4.40 Å². The summed E-state index contributed by atoms with van der Waals surface area (Å²) < 4.78 is 7.37. The number of aromatic nitrogens is 4. The highest BCUT2D eigenvalue weighted by Crippen LogP contribution is 2.39. The fourth-order valence-electron chi connectivity index (χ4n) is 3.64. The molecule has 0 atom stereocenters. The first-order valence-corrected chi connectivity index (χ1v) is 9.17. The molecule has 0 radical (unpaired) electrons. The van der Waals surface area contributed by atoms with Gasteiger partial charge in [0.15, 0.2) is 5.82 Å². The van der Waals surface area contributed by atoms with E-state index in [1.54, 1.807) is 7.11 Å². The molecule has 1 aliphatic carbocycles. The topological polar surface area (TPSA) is 58.8 Å². The van der Waals surface area contributed by atoms with Gasteiger partial charge in [-0.25, -0.2) is 4.98 Å². The number of fused-ring (bicyclic) bond motifs is 1. The molecule has 1 saturated carbocycles. The first kappa shape index (κ1) is 15.4. The van der Waals surface area contributed by atoms with Crippen molar-refractivity contribution in [2.45, 2.75) is 18.8 Å². The summed E-state index contributed by atoms with van der Waals surface area (Å²) in [5.74, 6) is 3.50. The van der Waals surface area contributed by atoms with Gasteiger partial charge in [0.2, 0.25) is 5.65 Å². The largest absolute Gasteiger partial charge is 0.497 e. The van der Waals surface area contributed by atoms with E-state index >= 15 is 0 Å². The number of anilines is 2. The highest BCUT2D eigenvalue weighted by Gasteiger charge is 2.30. The van der Waals surface area contributed by atoms with Crippen LogP contribution < -0.4 is 14.5 Å². The number of nitrogens with zero attached hydrogens (tertiary/aromatic N) is 6. The molecule has 2 aromatic heterocycles. The van der Waals surface area contributed by atoms with Gasteiger partial charge in [-0.05, 0) is 37.1 Å². The van der Waals surface area contributed by atoms with E-state index in [0.29, 0.717) is 5.92 Å². The van der Waals surface area contributed by atoms with Crippen molar-refractivity contribution in [3.05, 3.63) is 42.5 Å². The van der Waals surface area contributed by atoms with Crippen molar-refractivity contribution >= 4 is 17.2 Å². The normalized spacial score (nSPS) is 17.7. The van der Waals surface area contributed by atoms with Crippen LogP contribution in [-0.2, 0) is 0 Å². The van der Waals surface area contributed by atoms with E-state index in [9.17, 15) is 0 Å². The van der Waals surface area contributed by atoms with E-state index in [2.05, 4.69) is 41.5 Å². The molecular weight excluding hydrogens is 328 g/mol. The van der Waals surface area contributed by atoms with Crippen molar-refractivity contribution in [2.75, 3.05) is 43.1 Å². The molecule has 5 rings (SSSR count). The van der Waals surface area contributed by atoms with Crippen LogP contribution >= 0.6 is 0 Å². The van der Waals surface area contributed by atoms with Crippen LogP contribution in [0.4, 0.5) is 11.5 Å². The summed E-state index contributed by atoms with van der Waals surface area (Å²) in [5, 5.41) is 8.85. The predicted octanol–water partition coefficient (Wildman–Crippen LogP) is 2.34. The molecule has 0 spiro atoms. The van der Waals surface area contributed by atoms with Gasteiger partial charge in [-0.2, -0.15) is 0 Å². The van der Waals surface area contributed by atoms with E-state index in [1.165, 1.54) is 18.5 Å². The van der Waals surface area contributed by atoms with Crippen LogP contribution in [0.1, 0.15) is 24.6 Å². The second kappa shape index (κ2) is 6.16. The Kier molecular flexibility index (Phi) is 3.65. The Morgan fingerprint density at radius 2 is 1.69 bits per heavy atom. The number of piperazine rings is 1. The van der Waals surface area contributed by atoms with Gasteiger partial charge in [-0.1, -0.05) is 0 Å². The number of hydrogen-bond acceptors (Lipinski definition) is 6. The molecule has 0 amide bonds. The molecule has 26 heavy (non-hydrogen) atoms. The molecule has 0 bridgehead atoms. The zero-order valence-electron chi connectivity index (χ0n) is 14.9. The maximum atomic E-state index is 5.25. The van der Waals surface area contributed by atoms with Crippen molar-refractivity contribution in [1.29, 1.82) is 0 Å². The lowest BCUT2D eigenvalue weighted by Crippen LogP contribution is -2.47. The third-order valence-electron chi connectivity index (χ3n) is 5.29. The minimum absolute atomic E-state index is 0.576. The molecule has 1 saturated heterocycles. The average molecular weight is 350 g/mol. The van der Waals surface area contributed by atoms with Gasteiger partial charge in [0.1, 0.15) is 11.6 Å². The van der Waals surface area contributed by atoms with Gasteiger partial charge >= 0.3 is 0 Å². The van der Waals surface area contributed by atoms with Crippen molar-refractivity contribution in [3.8, 4) is 5.75 Å². The Hall–Kier alpha value is -2.83. The summed E-state index contributed by atoms with van der Waals surface area (Å²) in [6.07, 6.45) is 6.30. The molecule has 2 fully saturated rings. The molecule has 3 heterocycles. The summed E-state index contributed by atoms with van der Waals surface area (Å²) in [6.45, 7) is 3.76. The van der Waals surface area contributed by atoms with Crippen molar-refractivity contribution in [2.24, 2.45) is 0 Å². The smallest absolute Gasteiger partial charge is 0.203 e. The van der Waals surface area contributed by atoms with Crippen molar-refractivity contribution in [1.82, 2.24) is 19.6 Å². The Morgan fingerprint density at radius 3 is 2.38 bits per heavy atom. The van der Waals surface area contributed by atoms with Crippen LogP contribution in [0.15, 0.2) is 36.7 Å². The van der Waals surface area contributed by atoms with Crippen LogP contribution in [0.3, 0.4) is 0 Å². The van der Waals surface area contributed by atoms with Crippen molar-refractivity contribution in [3.63, 3.8) is 0 Å². The first-order valence-electron chi connectivity index (χ1n) is 9.17. The van der Waals surface area contributed by atoms with Crippen molar-refractivity contribution < 1.29 is 4.74 Å². The number of hydrogen-bond donors (Lipinski definition) is 0. The predicted molar refractivity (Wildman–Crippen MR) is 100 cm³/mol. The lowest BCUT2D eigenvalue weighted by molar-refractivity contribution is 0.415. The third kappa shape index (κ3) is 2.64.